The zero-order chi connectivity index (χ0) is 17.1. The molecular formula is C18H22N2O4. The SMILES string of the molecule is CCOC(=O)N1CCN(C2CC(=O)C=C2c2ccc(O)cc2)CC1. The number of ether oxygens (including phenoxy) is 1. The quantitative estimate of drug-likeness (QED) is 0.916. The summed E-state index contributed by atoms with van der Waals surface area (Å²) in [7, 11) is 0. The molecule has 0 saturated carbocycles. The molecule has 1 saturated heterocycles. The molecule has 1 aromatic carbocycles. The predicted molar refractivity (Wildman–Crippen MR) is 89.7 cm³/mol. The highest BCUT2D eigenvalue weighted by Gasteiger charge is 2.33. The monoisotopic (exact) mass is 330 g/mol. The number of phenols is 1. The molecule has 0 bridgehead atoms. The molecule has 0 aromatic heterocycles. The number of rotatable bonds is 3. The fourth-order valence-electron chi connectivity index (χ4n) is 3.32. The van der Waals surface area contributed by atoms with Gasteiger partial charge in [-0.2, -0.15) is 0 Å². The Labute approximate surface area is 141 Å². The Morgan fingerprint density at radius 2 is 1.88 bits per heavy atom. The van der Waals surface area contributed by atoms with Crippen molar-refractivity contribution in [1.82, 2.24) is 9.80 Å². The van der Waals surface area contributed by atoms with Crippen LogP contribution in [0.25, 0.3) is 5.57 Å². The summed E-state index contributed by atoms with van der Waals surface area (Å²) in [5, 5.41) is 9.44. The van der Waals surface area contributed by atoms with Gasteiger partial charge in [0.2, 0.25) is 0 Å². The Kier molecular flexibility index (Phi) is 4.85. The van der Waals surface area contributed by atoms with Crippen molar-refractivity contribution in [3.63, 3.8) is 0 Å². The lowest BCUT2D eigenvalue weighted by molar-refractivity contribution is -0.114. The fourth-order valence-corrected chi connectivity index (χ4v) is 3.32. The van der Waals surface area contributed by atoms with E-state index in [1.54, 1.807) is 30.0 Å². The number of aromatic hydroxyl groups is 1. The largest absolute Gasteiger partial charge is 0.508 e. The van der Waals surface area contributed by atoms with Crippen LogP contribution in [0.1, 0.15) is 18.9 Å². The molecule has 0 radical (unpaired) electrons. The Morgan fingerprint density at radius 3 is 2.50 bits per heavy atom. The molecule has 1 fully saturated rings. The molecule has 6 nitrogen and oxygen atoms in total. The number of piperazine rings is 1. The summed E-state index contributed by atoms with van der Waals surface area (Å²) in [5.74, 6) is 0.333. The lowest BCUT2D eigenvalue weighted by Crippen LogP contribution is -2.52. The minimum Gasteiger partial charge on any atom is -0.508 e. The second-order valence-corrected chi connectivity index (χ2v) is 6.05. The number of amides is 1. The molecule has 0 spiro atoms. The van der Waals surface area contributed by atoms with Crippen molar-refractivity contribution in [2.24, 2.45) is 0 Å². The smallest absolute Gasteiger partial charge is 0.409 e. The number of hydrogen-bond donors (Lipinski definition) is 1. The zero-order valence-electron chi connectivity index (χ0n) is 13.8. The van der Waals surface area contributed by atoms with Gasteiger partial charge in [0.1, 0.15) is 5.75 Å². The van der Waals surface area contributed by atoms with E-state index in [4.69, 9.17) is 4.74 Å². The van der Waals surface area contributed by atoms with E-state index in [9.17, 15) is 14.7 Å². The molecule has 1 amide bonds. The topological polar surface area (TPSA) is 70.1 Å². The van der Waals surface area contributed by atoms with E-state index >= 15 is 0 Å². The third-order valence-electron chi connectivity index (χ3n) is 4.55. The van der Waals surface area contributed by atoms with E-state index in [1.165, 1.54) is 0 Å². The summed E-state index contributed by atoms with van der Waals surface area (Å²) in [4.78, 5) is 27.7. The first-order valence-electron chi connectivity index (χ1n) is 8.28. The second-order valence-electron chi connectivity index (χ2n) is 6.05. The first-order valence-corrected chi connectivity index (χ1v) is 8.28. The standard InChI is InChI=1S/C18H22N2O4/c1-2-24-18(23)20-9-7-19(8-10-20)17-12-15(22)11-16(17)13-3-5-14(21)6-4-13/h3-6,11,17,21H,2,7-10,12H2,1H3. The maximum atomic E-state index is 12.0. The number of hydrogen-bond acceptors (Lipinski definition) is 5. The van der Waals surface area contributed by atoms with Gasteiger partial charge < -0.3 is 14.7 Å². The highest BCUT2D eigenvalue weighted by Crippen LogP contribution is 2.32. The van der Waals surface area contributed by atoms with Gasteiger partial charge in [0.15, 0.2) is 5.78 Å². The van der Waals surface area contributed by atoms with Gasteiger partial charge in [-0.15, -0.1) is 0 Å². The summed E-state index contributed by atoms with van der Waals surface area (Å²) in [5.41, 5.74) is 1.95. The number of carbonyl (C=O) groups is 2. The maximum absolute atomic E-state index is 12.0. The van der Waals surface area contributed by atoms with Crippen LogP contribution in [0.4, 0.5) is 4.79 Å². The van der Waals surface area contributed by atoms with Crippen molar-refractivity contribution < 1.29 is 19.4 Å². The van der Waals surface area contributed by atoms with Gasteiger partial charge in [-0.1, -0.05) is 12.1 Å². The van der Waals surface area contributed by atoms with Crippen LogP contribution in [-0.2, 0) is 9.53 Å². The Morgan fingerprint density at radius 1 is 1.21 bits per heavy atom. The van der Waals surface area contributed by atoms with Gasteiger partial charge in [-0.05, 0) is 36.3 Å². The van der Waals surface area contributed by atoms with Gasteiger partial charge >= 0.3 is 6.09 Å². The molecular weight excluding hydrogens is 308 g/mol. The molecule has 6 heteroatoms. The molecule has 128 valence electrons. The maximum Gasteiger partial charge on any atom is 0.409 e. The summed E-state index contributed by atoms with van der Waals surface area (Å²) in [6.07, 6.45) is 1.90. The van der Waals surface area contributed by atoms with E-state index in [1.807, 2.05) is 12.1 Å². The van der Waals surface area contributed by atoms with Gasteiger partial charge in [-0.3, -0.25) is 9.69 Å². The minimum absolute atomic E-state index is 0.0337. The summed E-state index contributed by atoms with van der Waals surface area (Å²) >= 11 is 0. The van der Waals surface area contributed by atoms with Crippen LogP contribution >= 0.6 is 0 Å². The Balaban J connectivity index is 1.68. The molecule has 24 heavy (non-hydrogen) atoms. The van der Waals surface area contributed by atoms with E-state index in [2.05, 4.69) is 4.90 Å². The van der Waals surface area contributed by atoms with Crippen molar-refractivity contribution in [1.29, 1.82) is 0 Å². The van der Waals surface area contributed by atoms with Crippen LogP contribution in [0.15, 0.2) is 30.3 Å². The van der Waals surface area contributed by atoms with Gasteiger partial charge in [-0.25, -0.2) is 4.79 Å². The van der Waals surface area contributed by atoms with E-state index in [0.29, 0.717) is 39.2 Å². The summed E-state index contributed by atoms with van der Waals surface area (Å²) in [6, 6.07) is 6.97. The molecule has 1 atom stereocenters. The van der Waals surface area contributed by atoms with Crippen molar-refractivity contribution in [2.75, 3.05) is 32.8 Å². The number of benzene rings is 1. The van der Waals surface area contributed by atoms with Gasteiger partial charge in [0, 0.05) is 38.6 Å². The lowest BCUT2D eigenvalue weighted by Gasteiger charge is -2.38. The van der Waals surface area contributed by atoms with Crippen LogP contribution < -0.4 is 0 Å². The van der Waals surface area contributed by atoms with E-state index < -0.39 is 0 Å². The van der Waals surface area contributed by atoms with Crippen molar-refractivity contribution in [3.8, 4) is 5.75 Å². The number of allylic oxidation sites excluding steroid dienone is 1. The second kappa shape index (κ2) is 7.05. The Bertz CT molecular complexity index is 645. The highest BCUT2D eigenvalue weighted by molar-refractivity contribution is 6.03. The third-order valence-corrected chi connectivity index (χ3v) is 4.55. The molecule has 1 heterocycles. The van der Waals surface area contributed by atoms with E-state index in [0.717, 1.165) is 11.1 Å². The molecule has 1 N–H and O–H groups in total. The lowest BCUT2D eigenvalue weighted by atomic mass is 9.99. The highest BCUT2D eigenvalue weighted by atomic mass is 16.6. The molecule has 1 unspecified atom stereocenters. The molecule has 1 aliphatic carbocycles. The van der Waals surface area contributed by atoms with Gasteiger partial charge in [0.05, 0.1) is 6.61 Å². The average Bonchev–Trinajstić information content (AvgIpc) is 2.98. The number of ketones is 1. The Hall–Kier alpha value is -2.34. The van der Waals surface area contributed by atoms with Gasteiger partial charge in [0.25, 0.3) is 0 Å². The predicted octanol–water partition coefficient (Wildman–Crippen LogP) is 1.89. The fraction of sp³-hybridized carbons (Fsp3) is 0.444. The van der Waals surface area contributed by atoms with Crippen LogP contribution in [-0.4, -0.2) is 65.6 Å². The van der Waals surface area contributed by atoms with Crippen LogP contribution in [0, 0.1) is 0 Å². The van der Waals surface area contributed by atoms with Crippen LogP contribution in [0.3, 0.4) is 0 Å². The van der Waals surface area contributed by atoms with Crippen molar-refractivity contribution >= 4 is 17.4 Å². The van der Waals surface area contributed by atoms with E-state index in [-0.39, 0.29) is 23.7 Å². The van der Waals surface area contributed by atoms with Crippen LogP contribution in [0.2, 0.25) is 0 Å². The summed E-state index contributed by atoms with van der Waals surface area (Å²) in [6.45, 7) is 4.81. The molecule has 1 aliphatic heterocycles. The van der Waals surface area contributed by atoms with Crippen molar-refractivity contribution in [3.05, 3.63) is 35.9 Å². The molecule has 1 aromatic rings. The third kappa shape index (κ3) is 3.43. The zero-order valence-corrected chi connectivity index (χ0v) is 13.8. The summed E-state index contributed by atoms with van der Waals surface area (Å²) < 4.78 is 5.04. The normalized spacial score (nSPS) is 21.7. The van der Waals surface area contributed by atoms with Crippen molar-refractivity contribution in [2.45, 2.75) is 19.4 Å². The minimum atomic E-state index is -0.269. The molecule has 3 rings (SSSR count). The van der Waals surface area contributed by atoms with Crippen LogP contribution in [0.5, 0.6) is 5.75 Å². The average molecular weight is 330 g/mol. The first-order chi connectivity index (χ1) is 11.6. The number of phenolic OH excluding ortho intramolecular Hbond substituents is 1. The number of nitrogens with zero attached hydrogens (tertiary/aromatic N) is 2. The molecule has 2 aliphatic rings. The number of carbonyl (C=O) groups excluding carboxylic acids is 2. The first kappa shape index (κ1) is 16.5.